The highest BCUT2D eigenvalue weighted by Crippen LogP contribution is 2.29. The van der Waals surface area contributed by atoms with Crippen molar-refractivity contribution >= 4 is 24.0 Å². The lowest BCUT2D eigenvalue weighted by Gasteiger charge is -1.92. The molecule has 2 rings (SSSR count). The molecular weight excluding hydrogens is 212 g/mol. The molecule has 2 aromatic heterocycles. The van der Waals surface area contributed by atoms with Crippen molar-refractivity contribution in [3.63, 3.8) is 0 Å². The van der Waals surface area contributed by atoms with Crippen LogP contribution in [0.3, 0.4) is 0 Å². The fraction of sp³-hybridized carbons (Fsp3) is 0.200. The van der Waals surface area contributed by atoms with Gasteiger partial charge in [0.05, 0.1) is 9.90 Å². The Morgan fingerprint density at radius 2 is 2.36 bits per heavy atom. The lowest BCUT2D eigenvalue weighted by Crippen LogP contribution is -1.81. The second-order valence-corrected chi connectivity index (χ2v) is 4.61. The Balaban J connectivity index is 2.43. The molecule has 0 fully saturated rings. The van der Waals surface area contributed by atoms with Crippen LogP contribution < -0.4 is 0 Å². The fourth-order valence-corrected chi connectivity index (χ4v) is 2.54. The van der Waals surface area contributed by atoms with Gasteiger partial charge in [-0.15, -0.1) is 24.0 Å². The molecule has 0 saturated carbocycles. The Kier molecular flexibility index (Phi) is 2.84. The molecule has 0 aromatic carbocycles. The van der Waals surface area contributed by atoms with Crippen LogP contribution in [-0.2, 0) is 6.42 Å². The molecule has 0 bridgehead atoms. The van der Waals surface area contributed by atoms with E-state index in [0.717, 1.165) is 26.9 Å². The van der Waals surface area contributed by atoms with Crippen molar-refractivity contribution < 1.29 is 0 Å². The number of thiol groups is 1. The summed E-state index contributed by atoms with van der Waals surface area (Å²) < 4.78 is 1.01. The van der Waals surface area contributed by atoms with Gasteiger partial charge in [0.2, 0.25) is 0 Å². The molecule has 0 saturated heterocycles. The quantitative estimate of drug-likeness (QED) is 0.790. The van der Waals surface area contributed by atoms with E-state index in [1.54, 1.807) is 17.5 Å². The van der Waals surface area contributed by atoms with Crippen molar-refractivity contribution in [3.05, 3.63) is 30.2 Å². The van der Waals surface area contributed by atoms with Gasteiger partial charge in [-0.05, 0) is 18.6 Å². The maximum absolute atomic E-state index is 4.50. The van der Waals surface area contributed by atoms with Crippen LogP contribution in [0.1, 0.15) is 12.6 Å². The van der Waals surface area contributed by atoms with Crippen LogP contribution in [0.25, 0.3) is 10.6 Å². The van der Waals surface area contributed by atoms with E-state index in [4.69, 9.17) is 0 Å². The minimum Gasteiger partial charge on any atom is -0.264 e. The standard InChI is InChI=1S/C10H10N2S2/c1-2-8-10(13)14-9(12-8)7-4-3-5-11-6-7/h3-6,13H,2H2,1H3. The first-order chi connectivity index (χ1) is 6.81. The van der Waals surface area contributed by atoms with E-state index in [1.165, 1.54) is 0 Å². The first-order valence-electron chi connectivity index (χ1n) is 4.40. The Bertz CT molecular complexity index is 423. The molecule has 4 heteroatoms. The Morgan fingerprint density at radius 3 is 2.93 bits per heavy atom. The van der Waals surface area contributed by atoms with Crippen molar-refractivity contribution in [1.29, 1.82) is 0 Å². The van der Waals surface area contributed by atoms with Gasteiger partial charge in [0.15, 0.2) is 0 Å². The topological polar surface area (TPSA) is 25.8 Å². The van der Waals surface area contributed by atoms with Gasteiger partial charge in [-0.3, -0.25) is 4.98 Å². The smallest absolute Gasteiger partial charge is 0.126 e. The van der Waals surface area contributed by atoms with Gasteiger partial charge < -0.3 is 0 Å². The molecule has 0 spiro atoms. The summed E-state index contributed by atoms with van der Waals surface area (Å²) in [6.45, 7) is 2.09. The van der Waals surface area contributed by atoms with Crippen LogP contribution in [-0.4, -0.2) is 9.97 Å². The minimum atomic E-state index is 0.926. The highest BCUT2D eigenvalue weighted by molar-refractivity contribution is 7.83. The number of rotatable bonds is 2. The van der Waals surface area contributed by atoms with Gasteiger partial charge in [0.1, 0.15) is 5.01 Å². The average Bonchev–Trinajstić information content (AvgIpc) is 2.61. The monoisotopic (exact) mass is 222 g/mol. The van der Waals surface area contributed by atoms with Crippen molar-refractivity contribution in [1.82, 2.24) is 9.97 Å². The predicted molar refractivity (Wildman–Crippen MR) is 62.0 cm³/mol. The molecule has 0 aliphatic rings. The SMILES string of the molecule is CCc1nc(-c2cccnc2)sc1S. The molecule has 0 amide bonds. The van der Waals surface area contributed by atoms with E-state index in [0.29, 0.717) is 0 Å². The summed E-state index contributed by atoms with van der Waals surface area (Å²) in [6, 6.07) is 3.93. The van der Waals surface area contributed by atoms with Crippen molar-refractivity contribution in [2.45, 2.75) is 17.6 Å². The molecule has 0 aliphatic carbocycles. The number of pyridine rings is 1. The zero-order valence-electron chi connectivity index (χ0n) is 7.77. The summed E-state index contributed by atoms with van der Waals surface area (Å²) in [6.07, 6.45) is 4.51. The van der Waals surface area contributed by atoms with E-state index in [-0.39, 0.29) is 0 Å². The Labute approximate surface area is 92.5 Å². The lowest BCUT2D eigenvalue weighted by atomic mass is 10.3. The predicted octanol–water partition coefficient (Wildman–Crippen LogP) is 3.06. The van der Waals surface area contributed by atoms with Crippen molar-refractivity contribution in [3.8, 4) is 10.6 Å². The Hall–Kier alpha value is -0.870. The maximum atomic E-state index is 4.50. The molecular formula is C10H10N2S2. The largest absolute Gasteiger partial charge is 0.264 e. The highest BCUT2D eigenvalue weighted by atomic mass is 32.2. The fourth-order valence-electron chi connectivity index (χ4n) is 1.19. The van der Waals surface area contributed by atoms with Crippen LogP contribution in [0.15, 0.2) is 28.7 Å². The summed E-state index contributed by atoms with van der Waals surface area (Å²) in [7, 11) is 0. The van der Waals surface area contributed by atoms with Crippen LogP contribution >= 0.6 is 24.0 Å². The van der Waals surface area contributed by atoms with Crippen LogP contribution in [0.4, 0.5) is 0 Å². The third-order valence-corrected chi connectivity index (χ3v) is 3.40. The molecule has 0 N–H and O–H groups in total. The maximum Gasteiger partial charge on any atom is 0.126 e. The number of aromatic nitrogens is 2. The second-order valence-electron chi connectivity index (χ2n) is 2.87. The lowest BCUT2D eigenvalue weighted by molar-refractivity contribution is 1.03. The van der Waals surface area contributed by atoms with Gasteiger partial charge in [0, 0.05) is 18.0 Å². The van der Waals surface area contributed by atoms with Gasteiger partial charge in [-0.2, -0.15) is 0 Å². The number of hydrogen-bond donors (Lipinski definition) is 1. The number of aryl methyl sites for hydroxylation is 1. The van der Waals surface area contributed by atoms with Crippen molar-refractivity contribution in [2.75, 3.05) is 0 Å². The zero-order valence-corrected chi connectivity index (χ0v) is 9.48. The normalized spacial score (nSPS) is 10.4. The molecule has 2 heterocycles. The molecule has 2 aromatic rings. The second kappa shape index (κ2) is 4.11. The van der Waals surface area contributed by atoms with Crippen LogP contribution in [0, 0.1) is 0 Å². The van der Waals surface area contributed by atoms with E-state index in [2.05, 4.69) is 29.5 Å². The van der Waals surface area contributed by atoms with Gasteiger partial charge in [-0.1, -0.05) is 6.92 Å². The van der Waals surface area contributed by atoms with Crippen LogP contribution in [0.5, 0.6) is 0 Å². The van der Waals surface area contributed by atoms with E-state index < -0.39 is 0 Å². The highest BCUT2D eigenvalue weighted by Gasteiger charge is 2.07. The molecule has 0 aliphatic heterocycles. The van der Waals surface area contributed by atoms with E-state index in [1.807, 2.05) is 18.3 Å². The summed E-state index contributed by atoms with van der Waals surface area (Å²) in [5.74, 6) is 0. The first-order valence-corrected chi connectivity index (χ1v) is 5.66. The van der Waals surface area contributed by atoms with Crippen molar-refractivity contribution in [2.24, 2.45) is 0 Å². The molecule has 0 radical (unpaired) electrons. The summed E-state index contributed by atoms with van der Waals surface area (Å²) >= 11 is 5.99. The third kappa shape index (κ3) is 1.81. The van der Waals surface area contributed by atoms with E-state index >= 15 is 0 Å². The average molecular weight is 222 g/mol. The van der Waals surface area contributed by atoms with Gasteiger partial charge >= 0.3 is 0 Å². The van der Waals surface area contributed by atoms with E-state index in [9.17, 15) is 0 Å². The molecule has 0 unspecified atom stereocenters. The van der Waals surface area contributed by atoms with Gasteiger partial charge in [-0.25, -0.2) is 4.98 Å². The number of thiazole rings is 1. The number of hydrogen-bond acceptors (Lipinski definition) is 4. The Morgan fingerprint density at radius 1 is 1.50 bits per heavy atom. The summed E-state index contributed by atoms with van der Waals surface area (Å²) in [5, 5.41) is 1.000. The number of nitrogens with zero attached hydrogens (tertiary/aromatic N) is 2. The summed E-state index contributed by atoms with van der Waals surface area (Å²) in [5.41, 5.74) is 2.13. The zero-order chi connectivity index (χ0) is 9.97. The first kappa shape index (κ1) is 9.68. The molecule has 2 nitrogen and oxygen atoms in total. The molecule has 14 heavy (non-hydrogen) atoms. The minimum absolute atomic E-state index is 0.926. The summed E-state index contributed by atoms with van der Waals surface area (Å²) in [4.78, 5) is 8.57. The third-order valence-electron chi connectivity index (χ3n) is 1.92. The van der Waals surface area contributed by atoms with Crippen LogP contribution in [0.2, 0.25) is 0 Å². The molecule has 0 atom stereocenters. The van der Waals surface area contributed by atoms with Gasteiger partial charge in [0.25, 0.3) is 0 Å². The molecule has 72 valence electrons.